The number of nitrogens with two attached hydrogens (primary N) is 1. The highest BCUT2D eigenvalue weighted by molar-refractivity contribution is 5.86. The van der Waals surface area contributed by atoms with Crippen molar-refractivity contribution in [2.45, 2.75) is 12.3 Å². The zero-order valence-electron chi connectivity index (χ0n) is 7.88. The van der Waals surface area contributed by atoms with E-state index in [1.165, 1.54) is 24.3 Å². The number of phenols is 1. The second-order valence-corrected chi connectivity index (χ2v) is 3.14. The summed E-state index contributed by atoms with van der Waals surface area (Å²) in [6.07, 6.45) is -0.347. The van der Waals surface area contributed by atoms with E-state index in [9.17, 15) is 9.59 Å². The number of carbonyl (C=O) groups is 2. The van der Waals surface area contributed by atoms with Crippen molar-refractivity contribution in [3.8, 4) is 5.75 Å². The zero-order valence-corrected chi connectivity index (χ0v) is 7.88. The quantitative estimate of drug-likeness (QED) is 0.669. The van der Waals surface area contributed by atoms with Crippen LogP contribution in [0.5, 0.6) is 5.75 Å². The molecule has 0 saturated heterocycles. The summed E-state index contributed by atoms with van der Waals surface area (Å²) in [7, 11) is 0. The van der Waals surface area contributed by atoms with E-state index in [4.69, 9.17) is 15.9 Å². The Bertz CT molecular complexity index is 372. The van der Waals surface area contributed by atoms with Crippen molar-refractivity contribution < 1.29 is 19.8 Å². The van der Waals surface area contributed by atoms with E-state index in [0.717, 1.165) is 0 Å². The van der Waals surface area contributed by atoms with E-state index < -0.39 is 17.8 Å². The molecule has 0 aliphatic heterocycles. The number of carbonyl (C=O) groups excluding carboxylic acids is 1. The van der Waals surface area contributed by atoms with Crippen LogP contribution in [0.3, 0.4) is 0 Å². The maximum Gasteiger partial charge on any atom is 0.304 e. The van der Waals surface area contributed by atoms with Crippen LogP contribution in [0, 0.1) is 0 Å². The molecule has 0 unspecified atom stereocenters. The summed E-state index contributed by atoms with van der Waals surface area (Å²) in [4.78, 5) is 21.5. The molecule has 0 spiro atoms. The highest BCUT2D eigenvalue weighted by atomic mass is 16.4. The van der Waals surface area contributed by atoms with Gasteiger partial charge in [0, 0.05) is 0 Å². The minimum atomic E-state index is -1.09. The van der Waals surface area contributed by atoms with Gasteiger partial charge in [-0.1, -0.05) is 12.1 Å². The Morgan fingerprint density at radius 2 is 1.80 bits per heavy atom. The molecule has 0 bridgehead atoms. The summed E-state index contributed by atoms with van der Waals surface area (Å²) < 4.78 is 0. The SMILES string of the molecule is NC(=O)[C@@H](CC(=O)O)c1ccc(O)cc1. The maximum atomic E-state index is 11.0. The second-order valence-electron chi connectivity index (χ2n) is 3.14. The minimum Gasteiger partial charge on any atom is -0.508 e. The van der Waals surface area contributed by atoms with E-state index in [-0.39, 0.29) is 12.2 Å². The third-order valence-electron chi connectivity index (χ3n) is 2.02. The number of amides is 1. The van der Waals surface area contributed by atoms with Crippen LogP contribution in [0.15, 0.2) is 24.3 Å². The molecule has 0 aliphatic rings. The fourth-order valence-electron chi connectivity index (χ4n) is 1.26. The van der Waals surface area contributed by atoms with Gasteiger partial charge in [0.1, 0.15) is 5.75 Å². The van der Waals surface area contributed by atoms with Gasteiger partial charge in [-0.2, -0.15) is 0 Å². The number of benzene rings is 1. The Morgan fingerprint density at radius 3 is 2.20 bits per heavy atom. The van der Waals surface area contributed by atoms with Crippen molar-refractivity contribution in [2.24, 2.45) is 5.73 Å². The van der Waals surface area contributed by atoms with Gasteiger partial charge in [-0.15, -0.1) is 0 Å². The Hall–Kier alpha value is -2.04. The average Bonchev–Trinajstić information content (AvgIpc) is 2.15. The molecule has 0 saturated carbocycles. The first-order chi connectivity index (χ1) is 7.00. The molecule has 0 aromatic heterocycles. The molecular formula is C10H11NO4. The number of aliphatic carboxylic acids is 1. The van der Waals surface area contributed by atoms with E-state index in [1.807, 2.05) is 0 Å². The summed E-state index contributed by atoms with van der Waals surface area (Å²) in [5, 5.41) is 17.6. The van der Waals surface area contributed by atoms with E-state index in [0.29, 0.717) is 5.56 Å². The van der Waals surface area contributed by atoms with Crippen LogP contribution in [0.2, 0.25) is 0 Å². The van der Waals surface area contributed by atoms with Crippen molar-refractivity contribution in [2.75, 3.05) is 0 Å². The van der Waals surface area contributed by atoms with Gasteiger partial charge in [-0.05, 0) is 17.7 Å². The van der Waals surface area contributed by atoms with Crippen LogP contribution >= 0.6 is 0 Å². The standard InChI is InChI=1S/C10H11NO4/c11-10(15)8(5-9(13)14)6-1-3-7(12)4-2-6/h1-4,8,12H,5H2,(H2,11,15)(H,13,14)/t8-/m0/s1. The predicted octanol–water partition coefficient (Wildman–Crippen LogP) is 0.436. The Morgan fingerprint density at radius 1 is 1.27 bits per heavy atom. The first-order valence-electron chi connectivity index (χ1n) is 4.30. The summed E-state index contributed by atoms with van der Waals surface area (Å²) in [5.41, 5.74) is 5.58. The average molecular weight is 209 g/mol. The highest BCUT2D eigenvalue weighted by Gasteiger charge is 2.20. The van der Waals surface area contributed by atoms with Gasteiger partial charge in [-0.25, -0.2) is 0 Å². The van der Waals surface area contributed by atoms with E-state index >= 15 is 0 Å². The van der Waals surface area contributed by atoms with Crippen LogP contribution in [-0.4, -0.2) is 22.1 Å². The lowest BCUT2D eigenvalue weighted by molar-refractivity contribution is -0.139. The van der Waals surface area contributed by atoms with Gasteiger partial charge >= 0.3 is 5.97 Å². The van der Waals surface area contributed by atoms with Crippen LogP contribution in [0.25, 0.3) is 0 Å². The second kappa shape index (κ2) is 4.45. The summed E-state index contributed by atoms with van der Waals surface area (Å²) >= 11 is 0. The molecule has 0 fully saturated rings. The molecule has 0 aliphatic carbocycles. The van der Waals surface area contributed by atoms with Crippen molar-refractivity contribution in [1.29, 1.82) is 0 Å². The molecule has 1 atom stereocenters. The van der Waals surface area contributed by atoms with Crippen molar-refractivity contribution >= 4 is 11.9 Å². The van der Waals surface area contributed by atoms with Crippen molar-refractivity contribution in [1.82, 2.24) is 0 Å². The van der Waals surface area contributed by atoms with Crippen LogP contribution in [0.4, 0.5) is 0 Å². The third-order valence-corrected chi connectivity index (χ3v) is 2.02. The number of phenolic OH excluding ortho intramolecular Hbond substituents is 1. The molecule has 80 valence electrons. The molecule has 0 radical (unpaired) electrons. The molecule has 1 aromatic carbocycles. The smallest absolute Gasteiger partial charge is 0.304 e. The normalized spacial score (nSPS) is 12.0. The van der Waals surface area contributed by atoms with Crippen LogP contribution in [0.1, 0.15) is 17.9 Å². The number of hydrogen-bond donors (Lipinski definition) is 3. The summed E-state index contributed by atoms with van der Waals surface area (Å²) in [5.74, 6) is -2.59. The van der Waals surface area contributed by atoms with Gasteiger partial charge in [0.15, 0.2) is 0 Å². The fourth-order valence-corrected chi connectivity index (χ4v) is 1.26. The third kappa shape index (κ3) is 2.98. The first-order valence-corrected chi connectivity index (χ1v) is 4.30. The Labute approximate surface area is 86.1 Å². The van der Waals surface area contributed by atoms with Gasteiger partial charge in [-0.3, -0.25) is 9.59 Å². The van der Waals surface area contributed by atoms with E-state index in [1.54, 1.807) is 0 Å². The van der Waals surface area contributed by atoms with Gasteiger partial charge < -0.3 is 15.9 Å². The molecule has 0 heterocycles. The van der Waals surface area contributed by atoms with Crippen LogP contribution < -0.4 is 5.73 Å². The topological polar surface area (TPSA) is 101 Å². The van der Waals surface area contributed by atoms with Gasteiger partial charge in [0.2, 0.25) is 5.91 Å². The largest absolute Gasteiger partial charge is 0.508 e. The number of carboxylic acids is 1. The van der Waals surface area contributed by atoms with Gasteiger partial charge in [0.05, 0.1) is 12.3 Å². The molecule has 15 heavy (non-hydrogen) atoms. The molecule has 1 amide bonds. The zero-order chi connectivity index (χ0) is 11.4. The van der Waals surface area contributed by atoms with E-state index in [2.05, 4.69) is 0 Å². The Balaban J connectivity index is 2.94. The Kier molecular flexibility index (Phi) is 3.28. The molecule has 1 aromatic rings. The summed E-state index contributed by atoms with van der Waals surface area (Å²) in [6.45, 7) is 0. The van der Waals surface area contributed by atoms with Crippen molar-refractivity contribution in [3.05, 3.63) is 29.8 Å². The van der Waals surface area contributed by atoms with Crippen LogP contribution in [-0.2, 0) is 9.59 Å². The maximum absolute atomic E-state index is 11.0. The van der Waals surface area contributed by atoms with Gasteiger partial charge in [0.25, 0.3) is 0 Å². The predicted molar refractivity (Wildman–Crippen MR) is 52.3 cm³/mol. The lowest BCUT2D eigenvalue weighted by Gasteiger charge is -2.10. The molecule has 5 nitrogen and oxygen atoms in total. The fraction of sp³-hybridized carbons (Fsp3) is 0.200. The lowest BCUT2D eigenvalue weighted by Crippen LogP contribution is -2.23. The number of rotatable bonds is 4. The summed E-state index contributed by atoms with van der Waals surface area (Å²) in [6, 6.07) is 5.72. The minimum absolute atomic E-state index is 0.0531. The monoisotopic (exact) mass is 209 g/mol. The molecular weight excluding hydrogens is 198 g/mol. The number of primary amides is 1. The molecule has 4 N–H and O–H groups in total. The molecule has 1 rings (SSSR count). The number of hydrogen-bond acceptors (Lipinski definition) is 3. The highest BCUT2D eigenvalue weighted by Crippen LogP contribution is 2.21. The lowest BCUT2D eigenvalue weighted by atomic mass is 9.95. The first kappa shape index (κ1) is 11.0. The number of aromatic hydroxyl groups is 1. The van der Waals surface area contributed by atoms with Crippen molar-refractivity contribution in [3.63, 3.8) is 0 Å². The molecule has 5 heteroatoms. The number of carboxylic acid groups (broad SMARTS) is 1.